The normalized spacial score (nSPS) is 10.0. The maximum absolute atomic E-state index is 8.59. The summed E-state index contributed by atoms with van der Waals surface area (Å²) in [5.74, 6) is 0.102. The Kier molecular flexibility index (Phi) is 3.49. The lowest BCUT2D eigenvalue weighted by Crippen LogP contribution is -1.89. The van der Waals surface area contributed by atoms with Gasteiger partial charge in [-0.3, -0.25) is 0 Å². The molecule has 2 rings (SSSR count). The fourth-order valence-electron chi connectivity index (χ4n) is 1.27. The average molecular weight is 285 g/mol. The van der Waals surface area contributed by atoms with Gasteiger partial charge in [-0.05, 0) is 12.1 Å². The number of aromatic nitrogens is 2. The molecule has 0 unspecified atom stereocenters. The van der Waals surface area contributed by atoms with E-state index in [2.05, 4.69) is 9.97 Å². The summed E-state index contributed by atoms with van der Waals surface area (Å²) in [7, 11) is 0. The SMILES string of the molecule is N#Cc1ncc(-c2cc(Cl)c(Cl)cc2Cl)cn1. The van der Waals surface area contributed by atoms with Gasteiger partial charge >= 0.3 is 0 Å². The highest BCUT2D eigenvalue weighted by atomic mass is 35.5. The van der Waals surface area contributed by atoms with E-state index in [0.29, 0.717) is 26.2 Å². The Balaban J connectivity index is 2.53. The molecule has 2 aromatic rings. The van der Waals surface area contributed by atoms with E-state index in [4.69, 9.17) is 40.1 Å². The number of halogens is 3. The minimum atomic E-state index is 0.102. The molecule has 1 aromatic carbocycles. The van der Waals surface area contributed by atoms with Crippen LogP contribution in [0.1, 0.15) is 5.82 Å². The molecule has 0 atom stereocenters. The summed E-state index contributed by atoms with van der Waals surface area (Å²) in [6, 6.07) is 5.03. The van der Waals surface area contributed by atoms with Gasteiger partial charge < -0.3 is 0 Å². The van der Waals surface area contributed by atoms with Crippen molar-refractivity contribution < 1.29 is 0 Å². The summed E-state index contributed by atoms with van der Waals surface area (Å²) >= 11 is 17.8. The van der Waals surface area contributed by atoms with Crippen LogP contribution >= 0.6 is 34.8 Å². The molecule has 84 valence electrons. The summed E-state index contributed by atoms with van der Waals surface area (Å²) in [5.41, 5.74) is 1.35. The average Bonchev–Trinajstić information content (AvgIpc) is 2.34. The summed E-state index contributed by atoms with van der Waals surface area (Å²) in [4.78, 5) is 7.72. The second kappa shape index (κ2) is 4.89. The number of hydrogen-bond acceptors (Lipinski definition) is 3. The van der Waals surface area contributed by atoms with E-state index < -0.39 is 0 Å². The molecule has 0 N–H and O–H groups in total. The lowest BCUT2D eigenvalue weighted by atomic mass is 10.1. The van der Waals surface area contributed by atoms with Gasteiger partial charge in [0.1, 0.15) is 6.07 Å². The van der Waals surface area contributed by atoms with Crippen LogP contribution in [0.15, 0.2) is 24.5 Å². The molecule has 0 bridgehead atoms. The number of hydrogen-bond donors (Lipinski definition) is 0. The van der Waals surface area contributed by atoms with Gasteiger partial charge in [0.15, 0.2) is 0 Å². The van der Waals surface area contributed by atoms with Gasteiger partial charge in [0, 0.05) is 23.5 Å². The molecule has 1 heterocycles. The highest BCUT2D eigenvalue weighted by Crippen LogP contribution is 2.34. The topological polar surface area (TPSA) is 49.6 Å². The first-order valence-corrected chi connectivity index (χ1v) is 5.62. The molecule has 0 fully saturated rings. The fourth-order valence-corrected chi connectivity index (χ4v) is 1.92. The molecule has 0 saturated heterocycles. The number of rotatable bonds is 1. The minimum Gasteiger partial charge on any atom is -0.227 e. The Morgan fingerprint density at radius 3 is 2.12 bits per heavy atom. The number of benzene rings is 1. The van der Waals surface area contributed by atoms with E-state index >= 15 is 0 Å². The summed E-state index contributed by atoms with van der Waals surface area (Å²) in [6.07, 6.45) is 3.02. The van der Waals surface area contributed by atoms with E-state index in [9.17, 15) is 0 Å². The number of nitriles is 1. The summed E-state index contributed by atoms with van der Waals surface area (Å²) < 4.78 is 0. The van der Waals surface area contributed by atoms with Crippen LogP contribution in [0, 0.1) is 11.3 Å². The predicted octanol–water partition coefficient (Wildman–Crippen LogP) is 3.98. The van der Waals surface area contributed by atoms with Gasteiger partial charge in [-0.1, -0.05) is 34.8 Å². The lowest BCUT2D eigenvalue weighted by Gasteiger charge is -2.05. The molecule has 0 spiro atoms. The fraction of sp³-hybridized carbons (Fsp3) is 0. The van der Waals surface area contributed by atoms with Crippen LogP contribution < -0.4 is 0 Å². The zero-order valence-electron chi connectivity index (χ0n) is 8.28. The molecule has 17 heavy (non-hydrogen) atoms. The Labute approximate surface area is 113 Å². The van der Waals surface area contributed by atoms with E-state index in [0.717, 1.165) is 0 Å². The molecule has 0 amide bonds. The molecule has 0 aliphatic heterocycles. The molecule has 0 saturated carbocycles. The van der Waals surface area contributed by atoms with Gasteiger partial charge in [0.2, 0.25) is 5.82 Å². The lowest BCUT2D eigenvalue weighted by molar-refractivity contribution is 1.12. The Hall–Kier alpha value is -1.34. The van der Waals surface area contributed by atoms with Crippen LogP contribution in [0.2, 0.25) is 15.1 Å². The van der Waals surface area contributed by atoms with Gasteiger partial charge in [0.25, 0.3) is 0 Å². The highest BCUT2D eigenvalue weighted by Gasteiger charge is 2.09. The second-order valence-electron chi connectivity index (χ2n) is 3.15. The van der Waals surface area contributed by atoms with Crippen molar-refractivity contribution in [1.82, 2.24) is 9.97 Å². The van der Waals surface area contributed by atoms with E-state index in [-0.39, 0.29) is 5.82 Å². The minimum absolute atomic E-state index is 0.102. The number of nitrogens with zero attached hydrogens (tertiary/aromatic N) is 3. The molecule has 0 aliphatic rings. The first kappa shape index (κ1) is 12.1. The molecule has 6 heteroatoms. The third kappa shape index (κ3) is 2.50. The van der Waals surface area contributed by atoms with Crippen molar-refractivity contribution in [3.05, 3.63) is 45.4 Å². The van der Waals surface area contributed by atoms with Crippen molar-refractivity contribution in [2.45, 2.75) is 0 Å². The smallest absolute Gasteiger partial charge is 0.227 e. The van der Waals surface area contributed by atoms with Gasteiger partial charge in [0.05, 0.1) is 15.1 Å². The third-order valence-electron chi connectivity index (χ3n) is 2.07. The van der Waals surface area contributed by atoms with Crippen molar-refractivity contribution in [1.29, 1.82) is 5.26 Å². The zero-order chi connectivity index (χ0) is 12.4. The molecule has 3 nitrogen and oxygen atoms in total. The maximum Gasteiger partial charge on any atom is 0.232 e. The van der Waals surface area contributed by atoms with Crippen molar-refractivity contribution in [2.24, 2.45) is 0 Å². The van der Waals surface area contributed by atoms with Crippen LogP contribution in [0.4, 0.5) is 0 Å². The standard InChI is InChI=1S/C11H4Cl3N3/c12-8-2-10(14)9(13)1-7(8)6-4-16-11(3-15)17-5-6/h1-2,4-5H. The summed E-state index contributed by atoms with van der Waals surface area (Å²) in [5, 5.41) is 9.83. The maximum atomic E-state index is 8.59. The second-order valence-corrected chi connectivity index (χ2v) is 4.37. The van der Waals surface area contributed by atoms with E-state index in [1.54, 1.807) is 12.1 Å². The highest BCUT2D eigenvalue weighted by molar-refractivity contribution is 6.44. The van der Waals surface area contributed by atoms with Crippen LogP contribution in [0.5, 0.6) is 0 Å². The Morgan fingerprint density at radius 2 is 1.53 bits per heavy atom. The largest absolute Gasteiger partial charge is 0.232 e. The molecule has 0 aliphatic carbocycles. The third-order valence-corrected chi connectivity index (χ3v) is 3.11. The van der Waals surface area contributed by atoms with Crippen LogP contribution in [0.3, 0.4) is 0 Å². The molecular weight excluding hydrogens is 281 g/mol. The molecule has 1 aromatic heterocycles. The van der Waals surface area contributed by atoms with Crippen molar-refractivity contribution >= 4 is 34.8 Å². The summed E-state index contributed by atoms with van der Waals surface area (Å²) in [6.45, 7) is 0. The zero-order valence-corrected chi connectivity index (χ0v) is 10.6. The molecule has 0 radical (unpaired) electrons. The van der Waals surface area contributed by atoms with Crippen LogP contribution in [-0.4, -0.2) is 9.97 Å². The van der Waals surface area contributed by atoms with Crippen LogP contribution in [0.25, 0.3) is 11.1 Å². The Morgan fingerprint density at radius 1 is 0.941 bits per heavy atom. The van der Waals surface area contributed by atoms with Gasteiger partial charge in [-0.15, -0.1) is 0 Å². The van der Waals surface area contributed by atoms with Crippen molar-refractivity contribution in [3.8, 4) is 17.2 Å². The van der Waals surface area contributed by atoms with Crippen LogP contribution in [-0.2, 0) is 0 Å². The quantitative estimate of drug-likeness (QED) is 0.744. The first-order chi connectivity index (χ1) is 8.11. The predicted molar refractivity (Wildman–Crippen MR) is 67.2 cm³/mol. The van der Waals surface area contributed by atoms with E-state index in [1.807, 2.05) is 6.07 Å². The Bertz CT molecular complexity index is 603. The van der Waals surface area contributed by atoms with Crippen molar-refractivity contribution in [2.75, 3.05) is 0 Å². The van der Waals surface area contributed by atoms with Gasteiger partial charge in [-0.25, -0.2) is 9.97 Å². The van der Waals surface area contributed by atoms with Gasteiger partial charge in [-0.2, -0.15) is 5.26 Å². The van der Waals surface area contributed by atoms with E-state index in [1.165, 1.54) is 12.4 Å². The monoisotopic (exact) mass is 283 g/mol. The van der Waals surface area contributed by atoms with Crippen molar-refractivity contribution in [3.63, 3.8) is 0 Å². The first-order valence-electron chi connectivity index (χ1n) is 4.49. The molecular formula is C11H4Cl3N3.